The highest BCUT2D eigenvalue weighted by molar-refractivity contribution is 6.41. The number of carbonyl (C=O) groups excluding carboxylic acids is 5. The minimum Gasteiger partial charge on any atom is -0.477 e. The highest BCUT2D eigenvalue weighted by atomic mass is 35.5. The SMILES string of the molecule is O=C(O)c1cc2cc(NC(=O)C(Cc3ccc(NC(=O)N4CCC(C(=O)NCCO)CC4)cc3)N3CCN(c4cc(Cl)ccc4-n4cnnn4)C(=O)C3=O)ccc2n1C(=O)O. The minimum atomic E-state index is -1.51. The number of likely N-dealkylation sites (tertiary alicyclic amines) is 1. The Hall–Kier alpha value is -7.39. The van der Waals surface area contributed by atoms with Crippen LogP contribution in [-0.2, 0) is 25.6 Å². The number of halogens is 1. The number of carbonyl (C=O) groups is 7. The van der Waals surface area contributed by atoms with Gasteiger partial charge in [0.1, 0.15) is 18.1 Å². The van der Waals surface area contributed by atoms with Gasteiger partial charge in [0, 0.05) is 66.8 Å². The van der Waals surface area contributed by atoms with Crippen molar-refractivity contribution in [3.05, 3.63) is 89.3 Å². The molecule has 2 aliphatic rings. The number of rotatable bonds is 12. The topological polar surface area (TPSA) is 275 Å². The Balaban J connectivity index is 1.11. The molecule has 22 heteroatoms. The van der Waals surface area contributed by atoms with E-state index in [0.717, 1.165) is 11.0 Å². The first-order valence-corrected chi connectivity index (χ1v) is 19.3. The van der Waals surface area contributed by atoms with Crippen molar-refractivity contribution in [1.82, 2.24) is 39.9 Å². The van der Waals surface area contributed by atoms with Gasteiger partial charge in [-0.1, -0.05) is 23.7 Å². The Morgan fingerprint density at radius 2 is 1.57 bits per heavy atom. The van der Waals surface area contributed by atoms with Crippen LogP contribution in [0.1, 0.15) is 28.9 Å². The van der Waals surface area contributed by atoms with E-state index in [1.807, 2.05) is 0 Å². The Kier molecular flexibility index (Phi) is 12.2. The zero-order valence-electron chi connectivity index (χ0n) is 32.1. The number of carboxylic acids is 1. The van der Waals surface area contributed by atoms with Crippen molar-refractivity contribution in [3.8, 4) is 5.69 Å². The molecule has 7 rings (SSSR count). The van der Waals surface area contributed by atoms with Gasteiger partial charge in [0.2, 0.25) is 11.8 Å². The van der Waals surface area contributed by atoms with Crippen molar-refractivity contribution in [2.75, 3.05) is 54.9 Å². The Morgan fingerprint density at radius 1 is 0.836 bits per heavy atom. The van der Waals surface area contributed by atoms with Crippen molar-refractivity contribution in [3.63, 3.8) is 0 Å². The van der Waals surface area contributed by atoms with Crippen LogP contribution in [0.5, 0.6) is 0 Å². The number of aromatic carboxylic acids is 1. The molecular formula is C39H38ClN11O10. The summed E-state index contributed by atoms with van der Waals surface area (Å²) in [4.78, 5) is 95.2. The van der Waals surface area contributed by atoms with Crippen molar-refractivity contribution < 1.29 is 48.9 Å². The van der Waals surface area contributed by atoms with Crippen LogP contribution >= 0.6 is 11.6 Å². The lowest BCUT2D eigenvalue weighted by Gasteiger charge is -2.38. The van der Waals surface area contributed by atoms with Gasteiger partial charge in [0.15, 0.2) is 0 Å². The second-order valence-corrected chi connectivity index (χ2v) is 14.6. The van der Waals surface area contributed by atoms with Crippen LogP contribution in [0.2, 0.25) is 5.02 Å². The normalized spacial score (nSPS) is 15.1. The lowest BCUT2D eigenvalue weighted by molar-refractivity contribution is -0.149. The number of aromatic nitrogens is 5. The Morgan fingerprint density at radius 3 is 2.25 bits per heavy atom. The first kappa shape index (κ1) is 41.8. The highest BCUT2D eigenvalue weighted by Gasteiger charge is 2.41. The summed E-state index contributed by atoms with van der Waals surface area (Å²) in [7, 11) is 0. The predicted molar refractivity (Wildman–Crippen MR) is 217 cm³/mol. The summed E-state index contributed by atoms with van der Waals surface area (Å²) >= 11 is 6.30. The first-order chi connectivity index (χ1) is 29.3. The molecule has 6 amide bonds. The van der Waals surface area contributed by atoms with Crippen molar-refractivity contribution in [2.45, 2.75) is 25.3 Å². The summed E-state index contributed by atoms with van der Waals surface area (Å²) in [5, 5.41) is 48.1. The van der Waals surface area contributed by atoms with Crippen LogP contribution in [0.4, 0.5) is 26.7 Å². The summed E-state index contributed by atoms with van der Waals surface area (Å²) in [6.45, 7) is 0.568. The van der Waals surface area contributed by atoms with Gasteiger partial charge in [-0.25, -0.2) is 19.0 Å². The van der Waals surface area contributed by atoms with E-state index >= 15 is 0 Å². The highest BCUT2D eigenvalue weighted by Crippen LogP contribution is 2.31. The van der Waals surface area contributed by atoms with Gasteiger partial charge in [-0.2, -0.15) is 4.68 Å². The number of aliphatic hydroxyl groups excluding tert-OH is 1. The van der Waals surface area contributed by atoms with Gasteiger partial charge < -0.3 is 46.0 Å². The van der Waals surface area contributed by atoms with Gasteiger partial charge in [-0.3, -0.25) is 19.2 Å². The van der Waals surface area contributed by atoms with Crippen LogP contribution in [0.3, 0.4) is 0 Å². The lowest BCUT2D eigenvalue weighted by atomic mass is 9.96. The number of aliphatic hydroxyl groups is 1. The number of anilines is 3. The predicted octanol–water partition coefficient (Wildman–Crippen LogP) is 2.27. The number of hydrogen-bond donors (Lipinski definition) is 6. The maximum atomic E-state index is 14.2. The third-order valence-corrected chi connectivity index (χ3v) is 10.7. The molecule has 2 aromatic heterocycles. The Bertz CT molecular complexity index is 2520. The fourth-order valence-electron chi connectivity index (χ4n) is 7.40. The molecule has 61 heavy (non-hydrogen) atoms. The zero-order chi connectivity index (χ0) is 43.4. The van der Waals surface area contributed by atoms with E-state index in [1.165, 1.54) is 40.2 Å². The molecule has 1 atom stereocenters. The number of piperidine rings is 1. The summed E-state index contributed by atoms with van der Waals surface area (Å²) in [5.41, 5.74) is 1.36. The van der Waals surface area contributed by atoms with Crippen molar-refractivity contribution in [1.29, 1.82) is 0 Å². The standard InChI is InChI=1S/C39H38ClN11O10/c40-25-3-7-29(50-21-42-45-46-50)30(20-25)48-14-15-49(36(56)35(48)55)31(34(54)43-27-6-8-28-24(18-27)19-32(37(57)58)51(28)39(60)61)17-22-1-4-26(5-2-22)44-38(59)47-12-9-23(10-13-47)33(53)41-11-16-52/h1-8,18-21,23,31,52H,9-17H2,(H,41,53)(H,43,54)(H,44,59)(H,57,58)(H,60,61). The van der Waals surface area contributed by atoms with Crippen LogP contribution < -0.4 is 20.9 Å². The molecular weight excluding hydrogens is 818 g/mol. The molecule has 4 heterocycles. The number of nitrogens with zero attached hydrogens (tertiary/aromatic N) is 8. The largest absolute Gasteiger partial charge is 0.477 e. The number of amides is 6. The molecule has 0 bridgehead atoms. The number of carboxylic acid groups (broad SMARTS) is 2. The number of fused-ring (bicyclic) bond motifs is 1. The molecule has 2 aliphatic heterocycles. The van der Waals surface area contributed by atoms with Gasteiger partial charge in [0.25, 0.3) is 0 Å². The third-order valence-electron chi connectivity index (χ3n) is 10.4. The second kappa shape index (κ2) is 17.8. The fraction of sp³-hybridized carbons (Fsp3) is 0.282. The van der Waals surface area contributed by atoms with Crippen LogP contribution in [0.15, 0.2) is 73.1 Å². The van der Waals surface area contributed by atoms with Crippen molar-refractivity contribution >= 4 is 81.3 Å². The molecule has 0 spiro atoms. The maximum Gasteiger partial charge on any atom is 0.416 e. The van der Waals surface area contributed by atoms with Gasteiger partial charge in [0.05, 0.1) is 23.5 Å². The molecule has 2 fully saturated rings. The van der Waals surface area contributed by atoms with Crippen LogP contribution in [0, 0.1) is 5.92 Å². The summed E-state index contributed by atoms with van der Waals surface area (Å²) in [6.07, 6.45) is 0.651. The molecule has 0 aliphatic carbocycles. The van der Waals surface area contributed by atoms with E-state index in [2.05, 4.69) is 31.5 Å². The molecule has 1 unspecified atom stereocenters. The quantitative estimate of drug-likeness (QED) is 0.0985. The van der Waals surface area contributed by atoms with E-state index in [1.54, 1.807) is 41.3 Å². The number of piperazine rings is 1. The van der Waals surface area contributed by atoms with Crippen LogP contribution in [-0.4, -0.2) is 137 Å². The number of nitrogens with one attached hydrogen (secondary N) is 3. The van der Waals surface area contributed by atoms with Gasteiger partial charge in [-0.15, -0.1) is 5.10 Å². The number of benzene rings is 3. The van der Waals surface area contributed by atoms with Gasteiger partial charge >= 0.3 is 29.9 Å². The van der Waals surface area contributed by atoms with E-state index in [9.17, 15) is 43.8 Å². The number of tetrazole rings is 1. The summed E-state index contributed by atoms with van der Waals surface area (Å²) < 4.78 is 1.92. The molecule has 2 saturated heterocycles. The first-order valence-electron chi connectivity index (χ1n) is 18.9. The molecule has 0 saturated carbocycles. The molecule has 6 N–H and O–H groups in total. The van der Waals surface area contributed by atoms with Crippen LogP contribution in [0.25, 0.3) is 16.6 Å². The van der Waals surface area contributed by atoms with E-state index in [-0.39, 0.29) is 77.8 Å². The zero-order valence-corrected chi connectivity index (χ0v) is 32.9. The smallest absolute Gasteiger partial charge is 0.416 e. The number of hydrogen-bond acceptors (Lipinski definition) is 11. The van der Waals surface area contributed by atoms with E-state index < -0.39 is 41.5 Å². The second-order valence-electron chi connectivity index (χ2n) is 14.2. The molecule has 0 radical (unpaired) electrons. The van der Waals surface area contributed by atoms with E-state index in [0.29, 0.717) is 47.4 Å². The maximum absolute atomic E-state index is 14.2. The summed E-state index contributed by atoms with van der Waals surface area (Å²) in [6, 6.07) is 14.9. The van der Waals surface area contributed by atoms with Crippen molar-refractivity contribution in [2.24, 2.45) is 5.92 Å². The van der Waals surface area contributed by atoms with E-state index in [4.69, 9.17) is 16.7 Å². The molecule has 5 aromatic rings. The third kappa shape index (κ3) is 8.96. The minimum absolute atomic E-state index is 0.0496. The summed E-state index contributed by atoms with van der Waals surface area (Å²) in [5.74, 6) is -4.54. The molecule has 316 valence electrons. The fourth-order valence-corrected chi connectivity index (χ4v) is 7.57. The lowest BCUT2D eigenvalue weighted by Crippen LogP contribution is -2.60. The average molecular weight is 856 g/mol. The Labute approximate surface area is 350 Å². The molecule has 21 nitrogen and oxygen atoms in total. The van der Waals surface area contributed by atoms with Gasteiger partial charge in [-0.05, 0) is 83.4 Å². The average Bonchev–Trinajstić information content (AvgIpc) is 3.93. The molecule has 3 aromatic carbocycles. The monoisotopic (exact) mass is 855 g/mol. The number of urea groups is 1.